The Hall–Kier alpha value is -2.35. The van der Waals surface area contributed by atoms with Crippen LogP contribution in [0.4, 0.5) is 0 Å². The molecule has 1 aromatic rings. The summed E-state index contributed by atoms with van der Waals surface area (Å²) >= 11 is 0. The monoisotopic (exact) mass is 310 g/mol. The van der Waals surface area contributed by atoms with Crippen LogP contribution in [0.3, 0.4) is 0 Å². The van der Waals surface area contributed by atoms with E-state index in [1.807, 2.05) is 0 Å². The van der Waals surface area contributed by atoms with E-state index in [9.17, 15) is 14.4 Å². The largest absolute Gasteiger partial charge is 0.478 e. The number of aromatic carboxylic acids is 1. The van der Waals surface area contributed by atoms with E-state index in [0.29, 0.717) is 13.2 Å². The Morgan fingerprint density at radius 2 is 2.05 bits per heavy atom. The van der Waals surface area contributed by atoms with Crippen LogP contribution in [0, 0.1) is 5.92 Å². The fourth-order valence-corrected chi connectivity index (χ4v) is 2.48. The predicted octanol–water partition coefficient (Wildman–Crippen LogP) is 0.378. The van der Waals surface area contributed by atoms with Crippen LogP contribution in [0.2, 0.25) is 0 Å². The summed E-state index contributed by atoms with van der Waals surface area (Å²) in [7, 11) is 0. The Labute approximate surface area is 126 Å². The smallest absolute Gasteiger partial charge is 0.338 e. The van der Waals surface area contributed by atoms with E-state index in [0.717, 1.165) is 25.2 Å². The number of amides is 2. The number of nitrogens with one attached hydrogen (secondary N) is 1. The molecular formula is C14H18N2O6. The van der Waals surface area contributed by atoms with Crippen molar-refractivity contribution in [3.8, 4) is 0 Å². The van der Waals surface area contributed by atoms with E-state index in [1.165, 1.54) is 0 Å². The molecule has 1 fully saturated rings. The van der Waals surface area contributed by atoms with E-state index in [2.05, 4.69) is 5.32 Å². The average Bonchev–Trinajstić information content (AvgIpc) is 2.97. The van der Waals surface area contributed by atoms with Gasteiger partial charge in [-0.3, -0.25) is 9.59 Å². The summed E-state index contributed by atoms with van der Waals surface area (Å²) in [5, 5.41) is 11.5. The van der Waals surface area contributed by atoms with Crippen molar-refractivity contribution in [3.05, 3.63) is 23.7 Å². The van der Waals surface area contributed by atoms with Crippen molar-refractivity contribution in [1.82, 2.24) is 5.32 Å². The summed E-state index contributed by atoms with van der Waals surface area (Å²) < 4.78 is 10.2. The molecule has 0 aliphatic carbocycles. The number of nitrogens with two attached hydrogens (primary N) is 1. The molecular weight excluding hydrogens is 292 g/mol. The number of furan rings is 1. The number of ether oxygens (including phenoxy) is 1. The zero-order valence-corrected chi connectivity index (χ0v) is 11.9. The number of carbonyl (C=O) groups is 3. The Bertz CT molecular complexity index is 561. The topological polar surface area (TPSA) is 132 Å². The maximum atomic E-state index is 12.1. The van der Waals surface area contributed by atoms with Gasteiger partial charge < -0.3 is 25.3 Å². The number of primary amides is 1. The minimum Gasteiger partial charge on any atom is -0.478 e. The third-order valence-corrected chi connectivity index (χ3v) is 3.64. The van der Waals surface area contributed by atoms with Crippen LogP contribution in [0.25, 0.3) is 0 Å². The fourth-order valence-electron chi connectivity index (χ4n) is 2.48. The second kappa shape index (κ2) is 7.08. The minimum atomic E-state index is -1.18. The summed E-state index contributed by atoms with van der Waals surface area (Å²) in [6.07, 6.45) is 2.45. The SMILES string of the molecule is NC(=O)CC(NC(=O)c1cc(C(=O)O)co1)C1CCOCC1. The molecule has 1 unspecified atom stereocenters. The molecule has 2 rings (SSSR count). The number of hydrogen-bond donors (Lipinski definition) is 3. The fraction of sp³-hybridized carbons (Fsp3) is 0.500. The zero-order chi connectivity index (χ0) is 16.1. The lowest BCUT2D eigenvalue weighted by Crippen LogP contribution is -2.44. The first-order chi connectivity index (χ1) is 10.5. The summed E-state index contributed by atoms with van der Waals surface area (Å²) in [4.78, 5) is 34.1. The van der Waals surface area contributed by atoms with Crippen molar-refractivity contribution in [2.24, 2.45) is 11.7 Å². The molecule has 4 N–H and O–H groups in total. The van der Waals surface area contributed by atoms with Gasteiger partial charge in [-0.1, -0.05) is 0 Å². The molecule has 1 aliphatic heterocycles. The highest BCUT2D eigenvalue weighted by Crippen LogP contribution is 2.21. The van der Waals surface area contributed by atoms with Crippen LogP contribution in [-0.4, -0.2) is 42.1 Å². The van der Waals surface area contributed by atoms with Crippen molar-refractivity contribution >= 4 is 17.8 Å². The Morgan fingerprint density at radius 1 is 1.36 bits per heavy atom. The molecule has 0 bridgehead atoms. The Morgan fingerprint density at radius 3 is 2.59 bits per heavy atom. The van der Waals surface area contributed by atoms with Crippen molar-refractivity contribution < 1.29 is 28.6 Å². The molecule has 2 amide bonds. The molecule has 1 aliphatic rings. The van der Waals surface area contributed by atoms with E-state index in [-0.39, 0.29) is 23.7 Å². The van der Waals surface area contributed by atoms with Crippen LogP contribution < -0.4 is 11.1 Å². The van der Waals surface area contributed by atoms with E-state index >= 15 is 0 Å². The lowest BCUT2D eigenvalue weighted by molar-refractivity contribution is -0.118. The summed E-state index contributed by atoms with van der Waals surface area (Å²) in [5.74, 6) is -2.29. The first-order valence-electron chi connectivity index (χ1n) is 6.96. The zero-order valence-electron chi connectivity index (χ0n) is 11.9. The minimum absolute atomic E-state index is 0.0168. The van der Waals surface area contributed by atoms with Crippen LogP contribution in [-0.2, 0) is 9.53 Å². The van der Waals surface area contributed by atoms with Crippen molar-refractivity contribution in [3.63, 3.8) is 0 Å². The number of carboxylic acid groups (broad SMARTS) is 1. The number of carbonyl (C=O) groups excluding carboxylic acids is 2. The maximum Gasteiger partial charge on any atom is 0.338 e. The molecule has 2 heterocycles. The maximum absolute atomic E-state index is 12.1. The van der Waals surface area contributed by atoms with Gasteiger partial charge in [0.2, 0.25) is 5.91 Å². The van der Waals surface area contributed by atoms with E-state index in [4.69, 9.17) is 20.0 Å². The lowest BCUT2D eigenvalue weighted by Gasteiger charge is -2.30. The quantitative estimate of drug-likeness (QED) is 0.696. The molecule has 1 atom stereocenters. The molecule has 22 heavy (non-hydrogen) atoms. The van der Waals surface area contributed by atoms with Crippen molar-refractivity contribution in [1.29, 1.82) is 0 Å². The van der Waals surface area contributed by atoms with Crippen LogP contribution in [0.5, 0.6) is 0 Å². The van der Waals surface area contributed by atoms with Gasteiger partial charge in [-0.25, -0.2) is 4.79 Å². The standard InChI is InChI=1S/C14H18N2O6/c15-12(17)6-10(8-1-3-21-4-2-8)16-13(18)11-5-9(7-22-11)14(19)20/h5,7-8,10H,1-4,6H2,(H2,15,17)(H,16,18)(H,19,20). The first-order valence-corrected chi connectivity index (χ1v) is 6.96. The highest BCUT2D eigenvalue weighted by atomic mass is 16.5. The number of hydrogen-bond acceptors (Lipinski definition) is 5. The summed E-state index contributed by atoms with van der Waals surface area (Å²) in [5.41, 5.74) is 5.13. The second-order valence-corrected chi connectivity index (χ2v) is 5.20. The number of rotatable bonds is 6. The van der Waals surface area contributed by atoms with Crippen LogP contribution in [0.15, 0.2) is 16.7 Å². The molecule has 8 nitrogen and oxygen atoms in total. The van der Waals surface area contributed by atoms with Gasteiger partial charge in [-0.15, -0.1) is 0 Å². The van der Waals surface area contributed by atoms with Gasteiger partial charge in [-0.2, -0.15) is 0 Å². The second-order valence-electron chi connectivity index (χ2n) is 5.20. The highest BCUT2D eigenvalue weighted by molar-refractivity contribution is 5.95. The molecule has 0 spiro atoms. The third-order valence-electron chi connectivity index (χ3n) is 3.64. The molecule has 0 saturated carbocycles. The third kappa shape index (κ3) is 4.08. The van der Waals surface area contributed by atoms with Gasteiger partial charge in [0, 0.05) is 31.7 Å². The van der Waals surface area contributed by atoms with Gasteiger partial charge in [0.1, 0.15) is 6.26 Å². The highest BCUT2D eigenvalue weighted by Gasteiger charge is 2.28. The summed E-state index contributed by atoms with van der Waals surface area (Å²) in [6, 6.07) is 0.718. The van der Waals surface area contributed by atoms with Crippen molar-refractivity contribution in [2.75, 3.05) is 13.2 Å². The van der Waals surface area contributed by atoms with Gasteiger partial charge in [-0.05, 0) is 18.8 Å². The molecule has 120 valence electrons. The van der Waals surface area contributed by atoms with Crippen molar-refractivity contribution in [2.45, 2.75) is 25.3 Å². The van der Waals surface area contributed by atoms with Gasteiger partial charge >= 0.3 is 5.97 Å². The molecule has 1 saturated heterocycles. The van der Waals surface area contributed by atoms with Gasteiger partial charge in [0.25, 0.3) is 5.91 Å². The van der Waals surface area contributed by atoms with Crippen LogP contribution >= 0.6 is 0 Å². The molecule has 0 radical (unpaired) electrons. The molecule has 1 aromatic heterocycles. The van der Waals surface area contributed by atoms with Gasteiger partial charge in [0.05, 0.1) is 5.56 Å². The Kier molecular flexibility index (Phi) is 5.16. The van der Waals surface area contributed by atoms with E-state index in [1.54, 1.807) is 0 Å². The predicted molar refractivity (Wildman–Crippen MR) is 74.3 cm³/mol. The van der Waals surface area contributed by atoms with Gasteiger partial charge in [0.15, 0.2) is 5.76 Å². The number of carboxylic acids is 1. The normalized spacial score (nSPS) is 16.9. The average molecular weight is 310 g/mol. The van der Waals surface area contributed by atoms with E-state index < -0.39 is 23.8 Å². The lowest BCUT2D eigenvalue weighted by atomic mass is 9.89. The van der Waals surface area contributed by atoms with Crippen LogP contribution in [0.1, 0.15) is 40.2 Å². The molecule has 8 heteroatoms. The molecule has 0 aromatic carbocycles. The Balaban J connectivity index is 2.05. The summed E-state index contributed by atoms with van der Waals surface area (Å²) in [6.45, 7) is 1.14. The first kappa shape index (κ1) is 16.0.